The van der Waals surface area contributed by atoms with Crippen molar-refractivity contribution in [2.24, 2.45) is 11.3 Å². The number of pyridine rings is 1. The number of halogens is 3. The third-order valence-corrected chi connectivity index (χ3v) is 8.29. The number of benzene rings is 1. The lowest BCUT2D eigenvalue weighted by atomic mass is 9.65. The molecule has 37 heavy (non-hydrogen) atoms. The zero-order valence-corrected chi connectivity index (χ0v) is 23.3. The van der Waals surface area contributed by atoms with Gasteiger partial charge in [0.1, 0.15) is 6.04 Å². The van der Waals surface area contributed by atoms with Gasteiger partial charge in [-0.15, -0.1) is 0 Å². The average Bonchev–Trinajstić information content (AvgIpc) is 2.86. The number of aliphatic carboxylic acids is 1. The van der Waals surface area contributed by atoms with Crippen molar-refractivity contribution >= 4 is 62.5 Å². The second kappa shape index (κ2) is 11.1. The van der Waals surface area contributed by atoms with Crippen LogP contribution in [0.3, 0.4) is 0 Å². The minimum Gasteiger partial charge on any atom is -0.480 e. The maximum Gasteiger partial charge on any atom is 0.326 e. The molecule has 1 fully saturated rings. The van der Waals surface area contributed by atoms with Crippen LogP contribution in [0.5, 0.6) is 0 Å². The van der Waals surface area contributed by atoms with Gasteiger partial charge in [0.15, 0.2) is 5.78 Å². The lowest BCUT2D eigenvalue weighted by Gasteiger charge is -2.46. The van der Waals surface area contributed by atoms with Crippen molar-refractivity contribution in [3.63, 3.8) is 0 Å². The Hall–Kier alpha value is -2.46. The number of rotatable bonds is 8. The van der Waals surface area contributed by atoms with E-state index in [4.69, 9.17) is 27.9 Å². The van der Waals surface area contributed by atoms with Gasteiger partial charge in [-0.3, -0.25) is 14.6 Å². The van der Waals surface area contributed by atoms with Crippen molar-refractivity contribution < 1.29 is 24.2 Å². The number of carboxylic acids is 1. The van der Waals surface area contributed by atoms with Crippen LogP contribution in [0.1, 0.15) is 48.5 Å². The molecule has 8 nitrogen and oxygen atoms in total. The number of nitrogens with zero attached hydrogens (tertiary/aromatic N) is 1. The zero-order chi connectivity index (χ0) is 26.9. The van der Waals surface area contributed by atoms with Gasteiger partial charge in [0.2, 0.25) is 0 Å². The van der Waals surface area contributed by atoms with Gasteiger partial charge < -0.3 is 20.5 Å². The van der Waals surface area contributed by atoms with Gasteiger partial charge in [-0.25, -0.2) is 4.79 Å². The van der Waals surface area contributed by atoms with Gasteiger partial charge >= 0.3 is 5.97 Å². The maximum atomic E-state index is 12.7. The molecule has 2 aliphatic rings. The molecular formula is C26H26BrCl2N3O5. The van der Waals surface area contributed by atoms with Crippen LogP contribution in [0.2, 0.25) is 10.0 Å². The third-order valence-electron chi connectivity index (χ3n) is 6.96. The van der Waals surface area contributed by atoms with Crippen molar-refractivity contribution in [1.82, 2.24) is 10.3 Å². The first-order chi connectivity index (χ1) is 17.6. The Morgan fingerprint density at radius 2 is 1.70 bits per heavy atom. The molecule has 196 valence electrons. The van der Waals surface area contributed by atoms with Crippen molar-refractivity contribution in [3.05, 3.63) is 68.0 Å². The highest BCUT2D eigenvalue weighted by Crippen LogP contribution is 2.51. The number of anilines is 1. The third kappa shape index (κ3) is 5.27. The Morgan fingerprint density at radius 1 is 1.11 bits per heavy atom. The number of ketones is 1. The van der Waals surface area contributed by atoms with Crippen LogP contribution in [0.25, 0.3) is 0 Å². The summed E-state index contributed by atoms with van der Waals surface area (Å²) in [5.41, 5.74) is 1.30. The molecule has 0 saturated carbocycles. The van der Waals surface area contributed by atoms with Crippen LogP contribution in [-0.2, 0) is 14.3 Å². The predicted molar refractivity (Wildman–Crippen MR) is 144 cm³/mol. The van der Waals surface area contributed by atoms with E-state index in [1.165, 1.54) is 12.4 Å². The van der Waals surface area contributed by atoms with Gasteiger partial charge in [0.05, 0.1) is 25.5 Å². The Labute approximate surface area is 232 Å². The molecule has 2 atom stereocenters. The first-order valence-corrected chi connectivity index (χ1v) is 13.3. The molecule has 1 aromatic carbocycles. The highest BCUT2D eigenvalue weighted by molar-refractivity contribution is 9.12. The SMILES string of the molecule is CC(C)C(c1ccc(NC(=O)c2c(Cl)cncc2Cl)cc1)[C@H](NC1=C(Br)C(=O)C12CCOCC2)C(=O)O. The molecule has 1 saturated heterocycles. The van der Waals surface area contributed by atoms with Crippen LogP contribution in [0.15, 0.2) is 46.8 Å². The lowest BCUT2D eigenvalue weighted by molar-refractivity contribution is -0.141. The van der Waals surface area contributed by atoms with Gasteiger partial charge in [-0.05, 0) is 52.4 Å². The average molecular weight is 611 g/mol. The quantitative estimate of drug-likeness (QED) is 0.366. The standard InChI is InChI=1S/C26H26BrCl2N3O5/c1-13(2)18(21(25(35)36)32-22-20(27)23(33)26(22)7-9-37-10-8-26)14-3-5-15(6-4-14)31-24(34)19-16(28)11-30-12-17(19)29/h3-6,11-13,18,21,32H,7-10H2,1-2H3,(H,31,34)(H,35,36)/t18?,21-/m0/s1. The van der Waals surface area contributed by atoms with E-state index in [1.807, 2.05) is 13.8 Å². The summed E-state index contributed by atoms with van der Waals surface area (Å²) >= 11 is 15.5. The summed E-state index contributed by atoms with van der Waals surface area (Å²) in [6.07, 6.45) is 3.71. The first-order valence-electron chi connectivity index (χ1n) is 11.8. The summed E-state index contributed by atoms with van der Waals surface area (Å²) in [6, 6.07) is 5.99. The molecule has 4 rings (SSSR count). The van der Waals surface area contributed by atoms with E-state index in [-0.39, 0.29) is 27.3 Å². The number of carboxylic acid groups (broad SMARTS) is 1. The topological polar surface area (TPSA) is 118 Å². The molecule has 0 bridgehead atoms. The van der Waals surface area contributed by atoms with E-state index in [0.29, 0.717) is 41.9 Å². The normalized spacial score (nSPS) is 18.4. The van der Waals surface area contributed by atoms with Crippen LogP contribution in [-0.4, -0.2) is 47.0 Å². The molecular weight excluding hydrogens is 585 g/mol. The second-order valence-electron chi connectivity index (χ2n) is 9.50. The minimum atomic E-state index is -1.02. The number of amides is 1. The minimum absolute atomic E-state index is 0.0157. The van der Waals surface area contributed by atoms with E-state index in [2.05, 4.69) is 31.5 Å². The Kier molecular flexibility index (Phi) is 8.28. The van der Waals surface area contributed by atoms with Crippen LogP contribution in [0.4, 0.5) is 5.69 Å². The number of carbonyl (C=O) groups is 3. The van der Waals surface area contributed by atoms with Gasteiger partial charge in [-0.2, -0.15) is 0 Å². The highest BCUT2D eigenvalue weighted by Gasteiger charge is 2.54. The number of carbonyl (C=O) groups excluding carboxylic acids is 2. The lowest BCUT2D eigenvalue weighted by Crippen LogP contribution is -2.55. The number of ether oxygens (including phenoxy) is 1. The van der Waals surface area contributed by atoms with Crippen molar-refractivity contribution in [1.29, 1.82) is 0 Å². The summed E-state index contributed by atoms with van der Waals surface area (Å²) in [5, 5.41) is 16.4. The number of hydrogen-bond donors (Lipinski definition) is 3. The second-order valence-corrected chi connectivity index (χ2v) is 11.1. The molecule has 1 unspecified atom stereocenters. The molecule has 0 radical (unpaired) electrons. The van der Waals surface area contributed by atoms with Crippen LogP contribution in [0, 0.1) is 11.3 Å². The Bertz CT molecular complexity index is 1240. The Balaban J connectivity index is 1.57. The van der Waals surface area contributed by atoms with Crippen molar-refractivity contribution in [3.8, 4) is 0 Å². The molecule has 11 heteroatoms. The van der Waals surface area contributed by atoms with Gasteiger partial charge in [0, 0.05) is 42.9 Å². The monoisotopic (exact) mass is 609 g/mol. The number of allylic oxidation sites excluding steroid dienone is 2. The fourth-order valence-corrected chi connectivity index (χ4v) is 6.43. The van der Waals surface area contributed by atoms with Crippen LogP contribution < -0.4 is 10.6 Å². The predicted octanol–water partition coefficient (Wildman–Crippen LogP) is 5.41. The van der Waals surface area contributed by atoms with E-state index < -0.39 is 29.3 Å². The molecule has 3 N–H and O–H groups in total. The number of hydrogen-bond acceptors (Lipinski definition) is 6. The summed E-state index contributed by atoms with van der Waals surface area (Å²) < 4.78 is 5.84. The largest absolute Gasteiger partial charge is 0.480 e. The summed E-state index contributed by atoms with van der Waals surface area (Å²) in [5.74, 6) is -2.00. The molecule has 2 aromatic rings. The number of Topliss-reactive ketones (excluding diaryl/α,β-unsaturated/α-hetero) is 1. The zero-order valence-electron chi connectivity index (χ0n) is 20.2. The molecule has 1 aliphatic carbocycles. The summed E-state index contributed by atoms with van der Waals surface area (Å²) in [4.78, 5) is 41.8. The first kappa shape index (κ1) is 27.6. The fraction of sp³-hybridized carbons (Fsp3) is 0.385. The number of nitrogens with one attached hydrogen (secondary N) is 2. The molecule has 1 aliphatic heterocycles. The fourth-order valence-electron chi connectivity index (χ4n) is 5.02. The summed E-state index contributed by atoms with van der Waals surface area (Å²) in [6.45, 7) is 4.80. The highest BCUT2D eigenvalue weighted by atomic mass is 79.9. The maximum absolute atomic E-state index is 12.7. The van der Waals surface area contributed by atoms with E-state index in [9.17, 15) is 19.5 Å². The van der Waals surface area contributed by atoms with Gasteiger partial charge in [0.25, 0.3) is 5.91 Å². The Morgan fingerprint density at radius 3 is 2.24 bits per heavy atom. The molecule has 1 spiro atoms. The smallest absolute Gasteiger partial charge is 0.326 e. The van der Waals surface area contributed by atoms with Crippen molar-refractivity contribution in [2.75, 3.05) is 18.5 Å². The van der Waals surface area contributed by atoms with Gasteiger partial charge in [-0.1, -0.05) is 49.2 Å². The van der Waals surface area contributed by atoms with Crippen molar-refractivity contribution in [2.45, 2.75) is 38.6 Å². The summed E-state index contributed by atoms with van der Waals surface area (Å²) in [7, 11) is 0. The van der Waals surface area contributed by atoms with E-state index >= 15 is 0 Å². The van der Waals surface area contributed by atoms with E-state index in [0.717, 1.165) is 5.56 Å². The molecule has 1 amide bonds. The van der Waals surface area contributed by atoms with E-state index in [1.54, 1.807) is 24.3 Å². The number of aromatic nitrogens is 1. The molecule has 2 heterocycles. The van der Waals surface area contributed by atoms with Crippen LogP contribution >= 0.6 is 39.1 Å². The molecule has 1 aromatic heterocycles.